The van der Waals surface area contributed by atoms with Crippen molar-refractivity contribution in [3.05, 3.63) is 90.0 Å². The van der Waals surface area contributed by atoms with E-state index in [9.17, 15) is 18.0 Å². The lowest BCUT2D eigenvalue weighted by atomic mass is 10.1. The first kappa shape index (κ1) is 31.1. The second-order valence-corrected chi connectivity index (χ2v) is 12.5. The Morgan fingerprint density at radius 3 is 2.31 bits per heavy atom. The highest BCUT2D eigenvalue weighted by atomic mass is 32.2. The number of benzene rings is 3. The highest BCUT2D eigenvalue weighted by Crippen LogP contribution is 2.29. The van der Waals surface area contributed by atoms with Crippen molar-refractivity contribution in [1.29, 1.82) is 0 Å². The lowest BCUT2D eigenvalue weighted by Crippen LogP contribution is -2.53. The average Bonchev–Trinajstić information content (AvgIpc) is 3.53. The summed E-state index contributed by atoms with van der Waals surface area (Å²) in [5, 5.41) is 3.14. The minimum Gasteiger partial charge on any atom is -0.497 e. The molecule has 0 aliphatic heterocycles. The lowest BCUT2D eigenvalue weighted by Gasteiger charge is -2.34. The lowest BCUT2D eigenvalue weighted by molar-refractivity contribution is -0.140. The monoisotopic (exact) mass is 591 g/mol. The zero-order chi connectivity index (χ0) is 30.1. The van der Waals surface area contributed by atoms with E-state index >= 15 is 0 Å². The molecule has 0 heterocycles. The molecule has 0 radical (unpaired) electrons. The number of rotatable bonds is 13. The third-order valence-corrected chi connectivity index (χ3v) is 9.60. The molecule has 8 nitrogen and oxygen atoms in total. The van der Waals surface area contributed by atoms with E-state index < -0.39 is 28.5 Å². The molecular weight excluding hydrogens is 550 g/mol. The van der Waals surface area contributed by atoms with E-state index in [4.69, 9.17) is 4.74 Å². The minimum atomic E-state index is -4.10. The van der Waals surface area contributed by atoms with E-state index in [0.717, 1.165) is 36.8 Å². The first-order chi connectivity index (χ1) is 20.3. The zero-order valence-electron chi connectivity index (χ0n) is 24.7. The van der Waals surface area contributed by atoms with Crippen LogP contribution in [0.3, 0.4) is 0 Å². The van der Waals surface area contributed by atoms with Gasteiger partial charge in [-0.3, -0.25) is 13.9 Å². The van der Waals surface area contributed by atoms with E-state index in [1.165, 1.54) is 21.3 Å². The normalized spacial score (nSPS) is 14.3. The van der Waals surface area contributed by atoms with Crippen LogP contribution >= 0.6 is 0 Å². The van der Waals surface area contributed by atoms with Crippen molar-refractivity contribution in [3.8, 4) is 5.75 Å². The molecule has 42 heavy (non-hydrogen) atoms. The second kappa shape index (κ2) is 14.4. The Balaban J connectivity index is 1.74. The molecule has 0 bridgehead atoms. The predicted octanol–water partition coefficient (Wildman–Crippen LogP) is 5.32. The molecule has 0 unspecified atom stereocenters. The van der Waals surface area contributed by atoms with Gasteiger partial charge in [0.1, 0.15) is 18.3 Å². The van der Waals surface area contributed by atoms with Crippen molar-refractivity contribution in [2.45, 2.75) is 75.9 Å². The summed E-state index contributed by atoms with van der Waals surface area (Å²) in [6.45, 7) is 3.49. The Morgan fingerprint density at radius 2 is 1.64 bits per heavy atom. The van der Waals surface area contributed by atoms with E-state index in [1.54, 1.807) is 37.4 Å². The second-order valence-electron chi connectivity index (χ2n) is 10.6. The average molecular weight is 592 g/mol. The Morgan fingerprint density at radius 1 is 0.952 bits per heavy atom. The number of amides is 2. The number of hydrogen-bond donors (Lipinski definition) is 1. The molecule has 0 spiro atoms. The summed E-state index contributed by atoms with van der Waals surface area (Å²) in [5.74, 6) is -0.0442. The summed E-state index contributed by atoms with van der Waals surface area (Å²) >= 11 is 0. The Kier molecular flexibility index (Phi) is 10.6. The molecule has 224 valence electrons. The first-order valence-corrected chi connectivity index (χ1v) is 16.1. The largest absolute Gasteiger partial charge is 0.497 e. The summed E-state index contributed by atoms with van der Waals surface area (Å²) in [5.41, 5.74) is 2.03. The van der Waals surface area contributed by atoms with Crippen LogP contribution in [0.15, 0.2) is 83.8 Å². The highest BCUT2D eigenvalue weighted by molar-refractivity contribution is 7.92. The number of ether oxygens (including phenoxy) is 1. The van der Waals surface area contributed by atoms with Crippen LogP contribution in [0.5, 0.6) is 5.75 Å². The van der Waals surface area contributed by atoms with Gasteiger partial charge in [0.2, 0.25) is 11.8 Å². The van der Waals surface area contributed by atoms with Crippen molar-refractivity contribution < 1.29 is 22.7 Å². The third kappa shape index (κ3) is 7.31. The van der Waals surface area contributed by atoms with Crippen LogP contribution in [0.4, 0.5) is 5.69 Å². The number of anilines is 1. The Bertz CT molecular complexity index is 1460. The van der Waals surface area contributed by atoms with Gasteiger partial charge < -0.3 is 15.0 Å². The number of aryl methyl sites for hydroxylation is 1. The van der Waals surface area contributed by atoms with Crippen LogP contribution in [0.2, 0.25) is 0 Å². The van der Waals surface area contributed by atoms with Crippen molar-refractivity contribution in [2.75, 3.05) is 18.0 Å². The van der Waals surface area contributed by atoms with Gasteiger partial charge in [0.15, 0.2) is 0 Å². The Hall–Kier alpha value is -3.85. The smallest absolute Gasteiger partial charge is 0.264 e. The van der Waals surface area contributed by atoms with Gasteiger partial charge in [-0.2, -0.15) is 0 Å². The van der Waals surface area contributed by atoms with Gasteiger partial charge in [-0.1, -0.05) is 75.2 Å². The fourth-order valence-electron chi connectivity index (χ4n) is 5.54. The van der Waals surface area contributed by atoms with E-state index in [-0.39, 0.29) is 23.4 Å². The maximum absolute atomic E-state index is 14.3. The van der Waals surface area contributed by atoms with Crippen LogP contribution in [0.1, 0.15) is 57.1 Å². The number of carbonyl (C=O) groups excluding carboxylic acids is 2. The van der Waals surface area contributed by atoms with Crippen LogP contribution < -0.4 is 14.4 Å². The maximum Gasteiger partial charge on any atom is 0.264 e. The van der Waals surface area contributed by atoms with Gasteiger partial charge in [0, 0.05) is 12.6 Å². The summed E-state index contributed by atoms with van der Waals surface area (Å²) in [6, 6.07) is 22.0. The van der Waals surface area contributed by atoms with E-state index in [0.29, 0.717) is 24.3 Å². The standard InChI is InChI=1S/C33H41N3O5S/c1-4-26-15-9-12-21-31(26)36(42(39,40)29-19-7-6-8-20-29)24-32(37)35(23-25-14-13-18-28(22-25)41-3)30(5-2)33(38)34-27-16-10-11-17-27/h6-9,12-15,18-22,27,30H,4-5,10-11,16-17,23-24H2,1-3H3,(H,34,38)/t30-/m1/s1. The molecule has 1 saturated carbocycles. The number of methoxy groups -OCH3 is 1. The molecule has 3 aromatic rings. The number of nitrogens with one attached hydrogen (secondary N) is 1. The van der Waals surface area contributed by atoms with E-state index in [2.05, 4.69) is 5.32 Å². The molecule has 1 N–H and O–H groups in total. The van der Waals surface area contributed by atoms with Crippen LogP contribution in [0.25, 0.3) is 0 Å². The summed E-state index contributed by atoms with van der Waals surface area (Å²) in [7, 11) is -2.53. The topological polar surface area (TPSA) is 96.0 Å². The number of nitrogens with zero attached hydrogens (tertiary/aromatic N) is 2. The van der Waals surface area contributed by atoms with Gasteiger partial charge in [-0.25, -0.2) is 8.42 Å². The molecule has 1 aliphatic carbocycles. The van der Waals surface area contributed by atoms with Crippen LogP contribution in [-0.4, -0.2) is 50.9 Å². The number of hydrogen-bond acceptors (Lipinski definition) is 5. The van der Waals surface area contributed by atoms with Gasteiger partial charge in [-0.15, -0.1) is 0 Å². The van der Waals surface area contributed by atoms with Gasteiger partial charge >= 0.3 is 0 Å². The van der Waals surface area contributed by atoms with E-state index in [1.807, 2.05) is 50.2 Å². The van der Waals surface area contributed by atoms with Crippen LogP contribution in [-0.2, 0) is 32.6 Å². The number of carbonyl (C=O) groups is 2. The number of para-hydroxylation sites is 1. The van der Waals surface area contributed by atoms with Gasteiger partial charge in [0.05, 0.1) is 17.7 Å². The van der Waals surface area contributed by atoms with Crippen molar-refractivity contribution >= 4 is 27.5 Å². The molecule has 0 aromatic heterocycles. The SMILES string of the molecule is CCc1ccccc1N(CC(=O)N(Cc1cccc(OC)c1)[C@H](CC)C(=O)NC1CCCC1)S(=O)(=O)c1ccccc1. The van der Waals surface area contributed by atoms with Gasteiger partial charge in [0.25, 0.3) is 10.0 Å². The fourth-order valence-corrected chi connectivity index (χ4v) is 7.01. The highest BCUT2D eigenvalue weighted by Gasteiger charge is 2.35. The van der Waals surface area contributed by atoms with Gasteiger partial charge in [-0.05, 0) is 67.1 Å². The minimum absolute atomic E-state index is 0.0895. The molecular formula is C33H41N3O5S. The predicted molar refractivity (Wildman–Crippen MR) is 165 cm³/mol. The quantitative estimate of drug-likeness (QED) is 0.290. The van der Waals surface area contributed by atoms with Crippen LogP contribution in [0, 0.1) is 0 Å². The summed E-state index contributed by atoms with van der Waals surface area (Å²) < 4.78 is 34.7. The first-order valence-electron chi connectivity index (χ1n) is 14.7. The maximum atomic E-state index is 14.3. The third-order valence-electron chi connectivity index (χ3n) is 7.83. The molecule has 4 rings (SSSR count). The molecule has 9 heteroatoms. The number of sulfonamides is 1. The fraction of sp³-hybridized carbons (Fsp3) is 0.394. The molecule has 1 atom stereocenters. The van der Waals surface area contributed by atoms with Crippen molar-refractivity contribution in [3.63, 3.8) is 0 Å². The van der Waals surface area contributed by atoms with Crippen molar-refractivity contribution in [1.82, 2.24) is 10.2 Å². The Labute approximate surface area is 249 Å². The zero-order valence-corrected chi connectivity index (χ0v) is 25.5. The molecule has 2 amide bonds. The molecule has 0 saturated heterocycles. The van der Waals surface area contributed by atoms with Crippen molar-refractivity contribution in [2.24, 2.45) is 0 Å². The summed E-state index contributed by atoms with van der Waals surface area (Å²) in [6.07, 6.45) is 4.94. The summed E-state index contributed by atoms with van der Waals surface area (Å²) in [4.78, 5) is 29.5. The molecule has 3 aromatic carbocycles. The molecule has 1 fully saturated rings. The molecule has 1 aliphatic rings.